The number of hydrogen-bond acceptors (Lipinski definition) is 4. The number of nitrogens with zero attached hydrogens (tertiary/aromatic N) is 1. The molecule has 6 nitrogen and oxygen atoms in total. The summed E-state index contributed by atoms with van der Waals surface area (Å²) in [7, 11) is -4.03. The van der Waals surface area contributed by atoms with Gasteiger partial charge in [-0.25, -0.2) is 5.14 Å². The first-order valence-electron chi connectivity index (χ1n) is 2.94. The molecule has 0 aliphatic rings. The molecule has 0 fully saturated rings. The molecule has 0 bridgehead atoms. The van der Waals surface area contributed by atoms with Crippen molar-refractivity contribution in [3.8, 4) is 0 Å². The van der Waals surface area contributed by atoms with E-state index in [9.17, 15) is 8.42 Å². The zero-order valence-corrected chi connectivity index (χ0v) is 7.11. The standard InChI is InChI=1S/C4H12N2O4S/c1-3(7)6(4(2)8)11(5,9)10/h3-4,7-8H,1-2H3,(H2,5,9,10). The van der Waals surface area contributed by atoms with Crippen LogP contribution in [-0.4, -0.2) is 35.4 Å². The second-order valence-electron chi connectivity index (χ2n) is 2.14. The van der Waals surface area contributed by atoms with Crippen molar-refractivity contribution in [3.05, 3.63) is 0 Å². The van der Waals surface area contributed by atoms with Gasteiger partial charge in [-0.1, -0.05) is 0 Å². The lowest BCUT2D eigenvalue weighted by atomic mass is 10.6. The van der Waals surface area contributed by atoms with E-state index in [1.165, 1.54) is 13.8 Å². The molecule has 0 rings (SSSR count). The number of nitrogens with two attached hydrogens (primary N) is 1. The molecular formula is C4H12N2O4S. The molecule has 2 unspecified atom stereocenters. The van der Waals surface area contributed by atoms with Crippen molar-refractivity contribution in [1.82, 2.24) is 4.31 Å². The maximum atomic E-state index is 10.6. The first-order chi connectivity index (χ1) is 4.76. The fourth-order valence-electron chi connectivity index (χ4n) is 0.737. The molecule has 0 aliphatic carbocycles. The molecule has 68 valence electrons. The van der Waals surface area contributed by atoms with Crippen molar-refractivity contribution in [2.45, 2.75) is 26.3 Å². The Kier molecular flexibility index (Phi) is 3.39. The highest BCUT2D eigenvalue weighted by atomic mass is 32.2. The van der Waals surface area contributed by atoms with E-state index in [1.54, 1.807) is 0 Å². The average molecular weight is 184 g/mol. The lowest BCUT2D eigenvalue weighted by Crippen LogP contribution is -2.47. The summed E-state index contributed by atoms with van der Waals surface area (Å²) in [6.07, 6.45) is -2.66. The summed E-state index contributed by atoms with van der Waals surface area (Å²) < 4.78 is 21.6. The molecule has 0 aromatic carbocycles. The molecule has 0 saturated carbocycles. The van der Waals surface area contributed by atoms with Gasteiger partial charge in [-0.2, -0.15) is 8.42 Å². The lowest BCUT2D eigenvalue weighted by molar-refractivity contribution is -0.0238. The van der Waals surface area contributed by atoms with Crippen molar-refractivity contribution in [2.75, 3.05) is 0 Å². The molecule has 0 aliphatic heterocycles. The van der Waals surface area contributed by atoms with E-state index in [4.69, 9.17) is 10.2 Å². The Bertz CT molecular complexity index is 202. The van der Waals surface area contributed by atoms with Gasteiger partial charge in [0.15, 0.2) is 0 Å². The fourth-order valence-corrected chi connectivity index (χ4v) is 1.59. The van der Waals surface area contributed by atoms with Crippen LogP contribution in [-0.2, 0) is 10.2 Å². The molecular weight excluding hydrogens is 172 g/mol. The van der Waals surface area contributed by atoms with E-state index >= 15 is 0 Å². The fraction of sp³-hybridized carbons (Fsp3) is 1.00. The molecule has 0 saturated heterocycles. The number of aliphatic hydroxyl groups is 2. The summed E-state index contributed by atoms with van der Waals surface area (Å²) >= 11 is 0. The SMILES string of the molecule is CC(O)N(C(C)O)S(N)(=O)=O. The third-order valence-corrected chi connectivity index (χ3v) is 2.23. The zero-order chi connectivity index (χ0) is 9.23. The Labute approximate surface area is 65.4 Å². The van der Waals surface area contributed by atoms with E-state index < -0.39 is 22.7 Å². The Morgan fingerprint density at radius 3 is 1.55 bits per heavy atom. The lowest BCUT2D eigenvalue weighted by Gasteiger charge is -2.24. The number of aliphatic hydroxyl groups excluding tert-OH is 2. The monoisotopic (exact) mass is 184 g/mol. The molecule has 0 radical (unpaired) electrons. The van der Waals surface area contributed by atoms with Crippen molar-refractivity contribution in [2.24, 2.45) is 5.14 Å². The van der Waals surface area contributed by atoms with Crippen LogP contribution in [0.5, 0.6) is 0 Å². The van der Waals surface area contributed by atoms with E-state index in [2.05, 4.69) is 5.14 Å². The minimum absolute atomic E-state index is 0.382. The predicted molar refractivity (Wildman–Crippen MR) is 38.3 cm³/mol. The van der Waals surface area contributed by atoms with E-state index in [-0.39, 0.29) is 0 Å². The predicted octanol–water partition coefficient (Wildman–Crippen LogP) is -1.83. The number of hydrogen-bond donors (Lipinski definition) is 3. The van der Waals surface area contributed by atoms with Gasteiger partial charge in [-0.3, -0.25) is 0 Å². The topological polar surface area (TPSA) is 104 Å². The van der Waals surface area contributed by atoms with Gasteiger partial charge in [-0.15, -0.1) is 4.31 Å². The molecule has 0 heterocycles. The summed E-state index contributed by atoms with van der Waals surface area (Å²) in [6, 6.07) is 0. The Morgan fingerprint density at radius 2 is 1.55 bits per heavy atom. The second-order valence-corrected chi connectivity index (χ2v) is 3.59. The van der Waals surface area contributed by atoms with Crippen LogP contribution in [0.1, 0.15) is 13.8 Å². The van der Waals surface area contributed by atoms with Crippen molar-refractivity contribution in [3.63, 3.8) is 0 Å². The normalized spacial score (nSPS) is 18.4. The molecule has 2 atom stereocenters. The number of rotatable bonds is 3. The van der Waals surface area contributed by atoms with Gasteiger partial charge in [-0.05, 0) is 13.8 Å². The molecule has 7 heteroatoms. The highest BCUT2D eigenvalue weighted by Crippen LogP contribution is 2.04. The minimum atomic E-state index is -4.03. The third kappa shape index (κ3) is 3.12. The Hall–Kier alpha value is -0.210. The Balaban J connectivity index is 4.64. The van der Waals surface area contributed by atoms with Crippen LogP contribution >= 0.6 is 0 Å². The molecule has 4 N–H and O–H groups in total. The van der Waals surface area contributed by atoms with Gasteiger partial charge in [0.1, 0.15) is 12.5 Å². The van der Waals surface area contributed by atoms with Crippen LogP contribution in [0.15, 0.2) is 0 Å². The van der Waals surface area contributed by atoms with Gasteiger partial charge < -0.3 is 10.2 Å². The van der Waals surface area contributed by atoms with Crippen molar-refractivity contribution >= 4 is 10.2 Å². The van der Waals surface area contributed by atoms with Crippen molar-refractivity contribution < 1.29 is 18.6 Å². The van der Waals surface area contributed by atoms with Gasteiger partial charge in [0, 0.05) is 0 Å². The second kappa shape index (κ2) is 3.46. The van der Waals surface area contributed by atoms with Crippen LogP contribution in [0.2, 0.25) is 0 Å². The highest BCUT2D eigenvalue weighted by molar-refractivity contribution is 7.86. The maximum Gasteiger partial charge on any atom is 0.281 e. The van der Waals surface area contributed by atoms with E-state index in [0.717, 1.165) is 0 Å². The van der Waals surface area contributed by atoms with Gasteiger partial charge >= 0.3 is 0 Å². The van der Waals surface area contributed by atoms with Crippen LogP contribution in [0.25, 0.3) is 0 Å². The summed E-state index contributed by atoms with van der Waals surface area (Å²) in [5.41, 5.74) is 0. The maximum absolute atomic E-state index is 10.6. The first kappa shape index (κ1) is 10.8. The van der Waals surface area contributed by atoms with Crippen LogP contribution < -0.4 is 5.14 Å². The van der Waals surface area contributed by atoms with Crippen LogP contribution in [0.4, 0.5) is 0 Å². The van der Waals surface area contributed by atoms with Gasteiger partial charge in [0.2, 0.25) is 0 Å². The molecule has 0 aromatic rings. The van der Waals surface area contributed by atoms with Gasteiger partial charge in [0.25, 0.3) is 10.2 Å². The highest BCUT2D eigenvalue weighted by Gasteiger charge is 2.26. The minimum Gasteiger partial charge on any atom is -0.378 e. The van der Waals surface area contributed by atoms with E-state index in [1.807, 2.05) is 0 Å². The summed E-state index contributed by atoms with van der Waals surface area (Å²) in [4.78, 5) is 0. The molecule has 11 heavy (non-hydrogen) atoms. The molecule has 0 aromatic heterocycles. The molecule has 0 amide bonds. The zero-order valence-electron chi connectivity index (χ0n) is 6.30. The Morgan fingerprint density at radius 1 is 1.27 bits per heavy atom. The molecule has 0 spiro atoms. The average Bonchev–Trinajstić information content (AvgIpc) is 1.54. The summed E-state index contributed by atoms with van der Waals surface area (Å²) in [6.45, 7) is 2.38. The van der Waals surface area contributed by atoms with Crippen molar-refractivity contribution in [1.29, 1.82) is 0 Å². The summed E-state index contributed by atoms with van der Waals surface area (Å²) in [5, 5.41) is 22.3. The van der Waals surface area contributed by atoms with E-state index in [0.29, 0.717) is 4.31 Å². The summed E-state index contributed by atoms with van der Waals surface area (Å²) in [5.74, 6) is 0. The third-order valence-electron chi connectivity index (χ3n) is 1.03. The smallest absolute Gasteiger partial charge is 0.281 e. The largest absolute Gasteiger partial charge is 0.378 e. The first-order valence-corrected chi connectivity index (χ1v) is 4.44. The quantitative estimate of drug-likeness (QED) is 0.449. The van der Waals surface area contributed by atoms with Crippen LogP contribution in [0, 0.1) is 0 Å². The van der Waals surface area contributed by atoms with Crippen LogP contribution in [0.3, 0.4) is 0 Å². The van der Waals surface area contributed by atoms with Gasteiger partial charge in [0.05, 0.1) is 0 Å².